The highest BCUT2D eigenvalue weighted by molar-refractivity contribution is 9.11. The molecule has 1 atom stereocenters. The van der Waals surface area contributed by atoms with Gasteiger partial charge in [0.1, 0.15) is 6.61 Å². The summed E-state index contributed by atoms with van der Waals surface area (Å²) in [6.07, 6.45) is 4.30. The first-order valence-corrected chi connectivity index (χ1v) is 7.02. The zero-order valence-corrected chi connectivity index (χ0v) is 12.1. The lowest BCUT2D eigenvalue weighted by molar-refractivity contribution is -0.135. The highest BCUT2D eigenvalue weighted by Crippen LogP contribution is 2.30. The summed E-state index contributed by atoms with van der Waals surface area (Å²) in [5.41, 5.74) is 0.636. The number of esters is 1. The number of aliphatic hydroxyl groups is 1. The first kappa shape index (κ1) is 14.7. The van der Waals surface area contributed by atoms with E-state index in [4.69, 9.17) is 9.84 Å². The molecular formula is C13H21BrO3. The predicted octanol–water partition coefficient (Wildman–Crippen LogP) is 3.02. The zero-order valence-electron chi connectivity index (χ0n) is 10.5. The molecule has 0 saturated carbocycles. The Labute approximate surface area is 111 Å². The number of rotatable bonds is 6. The van der Waals surface area contributed by atoms with Gasteiger partial charge in [-0.1, -0.05) is 42.6 Å². The summed E-state index contributed by atoms with van der Waals surface area (Å²) in [4.78, 5) is 11.5. The summed E-state index contributed by atoms with van der Waals surface area (Å²) >= 11 is 3.46. The first-order chi connectivity index (χ1) is 8.06. The lowest BCUT2D eigenvalue weighted by Gasteiger charge is -2.08. The van der Waals surface area contributed by atoms with Gasteiger partial charge in [-0.3, -0.25) is 0 Å². The van der Waals surface area contributed by atoms with E-state index in [2.05, 4.69) is 29.8 Å². The van der Waals surface area contributed by atoms with Crippen LogP contribution in [0.25, 0.3) is 0 Å². The number of carbonyl (C=O) groups is 1. The van der Waals surface area contributed by atoms with Gasteiger partial charge < -0.3 is 9.84 Å². The van der Waals surface area contributed by atoms with Gasteiger partial charge in [-0.05, 0) is 18.8 Å². The van der Waals surface area contributed by atoms with E-state index < -0.39 is 0 Å². The van der Waals surface area contributed by atoms with Crippen LogP contribution >= 0.6 is 15.9 Å². The number of allylic oxidation sites excluding steroid dienone is 1. The number of hydrogen-bond donors (Lipinski definition) is 1. The molecule has 0 aromatic carbocycles. The number of halogens is 1. The quantitative estimate of drug-likeness (QED) is 0.466. The second-order valence-corrected chi connectivity index (χ2v) is 5.89. The van der Waals surface area contributed by atoms with Crippen molar-refractivity contribution in [1.29, 1.82) is 0 Å². The number of carbonyl (C=O) groups excluding carboxylic acids is 1. The molecule has 1 aliphatic rings. The van der Waals surface area contributed by atoms with E-state index >= 15 is 0 Å². The fourth-order valence-electron chi connectivity index (χ4n) is 1.95. The maximum atomic E-state index is 11.5. The molecule has 1 fully saturated rings. The average Bonchev–Trinajstić information content (AvgIpc) is 2.65. The summed E-state index contributed by atoms with van der Waals surface area (Å²) < 4.78 is 5.85. The third kappa shape index (κ3) is 4.43. The topological polar surface area (TPSA) is 46.5 Å². The van der Waals surface area contributed by atoms with Crippen molar-refractivity contribution in [2.45, 2.75) is 39.5 Å². The Morgan fingerprint density at radius 1 is 1.53 bits per heavy atom. The van der Waals surface area contributed by atoms with Crippen molar-refractivity contribution in [1.82, 2.24) is 0 Å². The minimum absolute atomic E-state index is 0.0256. The SMILES string of the molecule is CC(C)CCCC/C(Br)=C1/C(=O)OCC1CO. The first-order valence-electron chi connectivity index (χ1n) is 6.22. The third-order valence-corrected chi connectivity index (χ3v) is 3.81. The minimum atomic E-state index is -0.278. The van der Waals surface area contributed by atoms with Crippen LogP contribution in [0.4, 0.5) is 0 Å². The van der Waals surface area contributed by atoms with Crippen molar-refractivity contribution in [3.05, 3.63) is 10.1 Å². The molecule has 1 heterocycles. The Balaban J connectivity index is 2.48. The second-order valence-electron chi connectivity index (χ2n) is 4.94. The van der Waals surface area contributed by atoms with Gasteiger partial charge >= 0.3 is 5.97 Å². The Morgan fingerprint density at radius 3 is 2.82 bits per heavy atom. The molecule has 0 aliphatic carbocycles. The smallest absolute Gasteiger partial charge is 0.335 e. The van der Waals surface area contributed by atoms with Gasteiger partial charge in [-0.15, -0.1) is 0 Å². The molecule has 0 aromatic rings. The largest absolute Gasteiger partial charge is 0.462 e. The van der Waals surface area contributed by atoms with Gasteiger partial charge in [0.25, 0.3) is 0 Å². The fourth-order valence-corrected chi connectivity index (χ4v) is 2.71. The summed E-state index contributed by atoms with van der Waals surface area (Å²) in [6.45, 7) is 4.71. The molecule has 1 saturated heterocycles. The van der Waals surface area contributed by atoms with E-state index in [1.165, 1.54) is 12.8 Å². The molecule has 1 unspecified atom stereocenters. The third-order valence-electron chi connectivity index (χ3n) is 2.98. The maximum absolute atomic E-state index is 11.5. The van der Waals surface area contributed by atoms with Crippen molar-refractivity contribution >= 4 is 21.9 Å². The van der Waals surface area contributed by atoms with Gasteiger partial charge in [0.2, 0.25) is 0 Å². The molecule has 1 aliphatic heterocycles. The van der Waals surface area contributed by atoms with Crippen molar-refractivity contribution < 1.29 is 14.6 Å². The Kier molecular flexibility index (Phi) is 6.20. The van der Waals surface area contributed by atoms with Crippen LogP contribution in [-0.4, -0.2) is 24.3 Å². The van der Waals surface area contributed by atoms with E-state index in [9.17, 15) is 4.79 Å². The number of cyclic esters (lactones) is 1. The highest BCUT2D eigenvalue weighted by atomic mass is 79.9. The lowest BCUT2D eigenvalue weighted by Crippen LogP contribution is -2.09. The van der Waals surface area contributed by atoms with Crippen molar-refractivity contribution in [2.75, 3.05) is 13.2 Å². The standard InChI is InChI=1S/C13H21BrO3/c1-9(2)5-3-4-6-11(14)12-10(7-15)8-17-13(12)16/h9-10,15H,3-8H2,1-2H3/b12-11-. The lowest BCUT2D eigenvalue weighted by atomic mass is 10.00. The molecule has 3 nitrogen and oxygen atoms in total. The number of unbranched alkanes of at least 4 members (excludes halogenated alkanes) is 1. The Morgan fingerprint density at radius 2 is 2.24 bits per heavy atom. The van der Waals surface area contributed by atoms with Gasteiger partial charge in [-0.2, -0.15) is 0 Å². The monoisotopic (exact) mass is 304 g/mol. The van der Waals surface area contributed by atoms with Crippen LogP contribution in [0, 0.1) is 11.8 Å². The van der Waals surface area contributed by atoms with Gasteiger partial charge in [0.15, 0.2) is 0 Å². The van der Waals surface area contributed by atoms with Crippen LogP contribution in [0.5, 0.6) is 0 Å². The van der Waals surface area contributed by atoms with Crippen molar-refractivity contribution in [2.24, 2.45) is 11.8 Å². The van der Waals surface area contributed by atoms with Crippen LogP contribution in [0.2, 0.25) is 0 Å². The number of hydrogen-bond acceptors (Lipinski definition) is 3. The number of aliphatic hydroxyl groups excluding tert-OH is 1. The van der Waals surface area contributed by atoms with Crippen molar-refractivity contribution in [3.63, 3.8) is 0 Å². The molecule has 1 N–H and O–H groups in total. The zero-order chi connectivity index (χ0) is 12.8. The molecule has 1 rings (SSSR count). The van der Waals surface area contributed by atoms with E-state index in [1.54, 1.807) is 0 Å². The molecule has 0 bridgehead atoms. The molecular weight excluding hydrogens is 284 g/mol. The Bertz CT molecular complexity index is 297. The van der Waals surface area contributed by atoms with Gasteiger partial charge in [-0.25, -0.2) is 4.79 Å². The van der Waals surface area contributed by atoms with E-state index in [1.807, 2.05) is 0 Å². The van der Waals surface area contributed by atoms with Crippen LogP contribution in [0.1, 0.15) is 39.5 Å². The van der Waals surface area contributed by atoms with Crippen LogP contribution in [-0.2, 0) is 9.53 Å². The van der Waals surface area contributed by atoms with Gasteiger partial charge in [0, 0.05) is 10.4 Å². The molecule has 0 radical (unpaired) electrons. The highest BCUT2D eigenvalue weighted by Gasteiger charge is 2.32. The number of ether oxygens (including phenoxy) is 1. The van der Waals surface area contributed by atoms with Gasteiger partial charge in [0.05, 0.1) is 12.2 Å². The van der Waals surface area contributed by atoms with Crippen LogP contribution < -0.4 is 0 Å². The van der Waals surface area contributed by atoms with E-state index in [-0.39, 0.29) is 18.5 Å². The second kappa shape index (κ2) is 7.17. The van der Waals surface area contributed by atoms with E-state index in [0.29, 0.717) is 12.2 Å². The average molecular weight is 305 g/mol. The summed E-state index contributed by atoms with van der Waals surface area (Å²) in [7, 11) is 0. The summed E-state index contributed by atoms with van der Waals surface area (Å²) in [5.74, 6) is 0.296. The van der Waals surface area contributed by atoms with Crippen LogP contribution in [0.3, 0.4) is 0 Å². The summed E-state index contributed by atoms with van der Waals surface area (Å²) in [5, 5.41) is 9.16. The molecule has 98 valence electrons. The molecule has 0 spiro atoms. The Hall–Kier alpha value is -0.350. The molecule has 4 heteroatoms. The maximum Gasteiger partial charge on any atom is 0.335 e. The molecule has 0 amide bonds. The minimum Gasteiger partial charge on any atom is -0.462 e. The fraction of sp³-hybridized carbons (Fsp3) is 0.769. The van der Waals surface area contributed by atoms with Crippen molar-refractivity contribution in [3.8, 4) is 0 Å². The normalized spacial score (nSPS) is 23.1. The summed E-state index contributed by atoms with van der Waals surface area (Å²) in [6, 6.07) is 0. The predicted molar refractivity (Wildman–Crippen MR) is 70.8 cm³/mol. The molecule has 17 heavy (non-hydrogen) atoms. The van der Waals surface area contributed by atoms with Crippen LogP contribution in [0.15, 0.2) is 10.1 Å². The van der Waals surface area contributed by atoms with E-state index in [0.717, 1.165) is 23.2 Å². The molecule has 0 aromatic heterocycles.